The summed E-state index contributed by atoms with van der Waals surface area (Å²) in [5, 5.41) is 3.72. The van der Waals surface area contributed by atoms with Crippen LogP contribution in [0.5, 0.6) is 11.5 Å². The first-order valence-electron chi connectivity index (χ1n) is 6.35. The monoisotopic (exact) mass is 288 g/mol. The van der Waals surface area contributed by atoms with Crippen LogP contribution in [-0.2, 0) is 0 Å². The lowest BCUT2D eigenvalue weighted by molar-refractivity contribution is 0.0998. The van der Waals surface area contributed by atoms with Crippen LogP contribution >= 0.6 is 0 Å². The van der Waals surface area contributed by atoms with Crippen molar-refractivity contribution in [3.63, 3.8) is 0 Å². The Morgan fingerprint density at radius 2 is 2.14 bits per heavy atom. The molecule has 110 valence electrons. The van der Waals surface area contributed by atoms with E-state index < -0.39 is 0 Å². The largest absolute Gasteiger partial charge is 0.497 e. The van der Waals surface area contributed by atoms with Gasteiger partial charge in [0.2, 0.25) is 0 Å². The molecule has 0 saturated heterocycles. The molecular formula is C15H16N2O4. The van der Waals surface area contributed by atoms with Crippen molar-refractivity contribution < 1.29 is 18.8 Å². The van der Waals surface area contributed by atoms with Crippen molar-refractivity contribution in [1.82, 2.24) is 5.16 Å². The van der Waals surface area contributed by atoms with Crippen molar-refractivity contribution in [2.45, 2.75) is 13.3 Å². The van der Waals surface area contributed by atoms with Crippen LogP contribution in [0, 0.1) is 6.92 Å². The molecule has 0 aliphatic rings. The predicted octanol–water partition coefficient (Wildman–Crippen LogP) is 2.98. The molecule has 2 aromatic rings. The zero-order valence-corrected chi connectivity index (χ0v) is 12.1. The minimum atomic E-state index is -0.0986. The van der Waals surface area contributed by atoms with Gasteiger partial charge in [-0.25, -0.2) is 4.99 Å². The molecule has 0 spiro atoms. The first-order chi connectivity index (χ1) is 10.1. The van der Waals surface area contributed by atoms with Gasteiger partial charge in [-0.05, 0) is 19.1 Å². The first-order valence-corrected chi connectivity index (χ1v) is 6.35. The van der Waals surface area contributed by atoms with E-state index in [2.05, 4.69) is 10.1 Å². The Bertz CT molecular complexity index is 661. The van der Waals surface area contributed by atoms with Gasteiger partial charge in [-0.15, -0.1) is 0 Å². The molecule has 6 heteroatoms. The van der Waals surface area contributed by atoms with Crippen LogP contribution < -0.4 is 9.47 Å². The number of aromatic nitrogens is 1. The van der Waals surface area contributed by atoms with Crippen LogP contribution in [-0.4, -0.2) is 31.4 Å². The number of methoxy groups -OCH3 is 2. The van der Waals surface area contributed by atoms with E-state index in [9.17, 15) is 4.79 Å². The molecule has 0 N–H and O–H groups in total. The summed E-state index contributed by atoms with van der Waals surface area (Å²) in [6.45, 7) is 1.78. The van der Waals surface area contributed by atoms with Crippen LogP contribution in [0.1, 0.15) is 22.5 Å². The highest BCUT2D eigenvalue weighted by atomic mass is 16.5. The van der Waals surface area contributed by atoms with E-state index in [0.29, 0.717) is 28.6 Å². The summed E-state index contributed by atoms with van der Waals surface area (Å²) in [5.41, 5.74) is 0.487. The summed E-state index contributed by atoms with van der Waals surface area (Å²) < 4.78 is 15.2. The van der Waals surface area contributed by atoms with Gasteiger partial charge in [0.25, 0.3) is 0 Å². The zero-order valence-electron chi connectivity index (χ0n) is 12.1. The summed E-state index contributed by atoms with van der Waals surface area (Å²) in [5.74, 6) is 2.13. The second-order valence-electron chi connectivity index (χ2n) is 4.30. The number of ketones is 1. The Morgan fingerprint density at radius 3 is 2.76 bits per heavy atom. The van der Waals surface area contributed by atoms with Crippen LogP contribution in [0.4, 0.5) is 5.82 Å². The Balaban J connectivity index is 2.08. The number of Topliss-reactive ketones (excluding diaryl/α,β-unsaturated/α-hetero) is 1. The van der Waals surface area contributed by atoms with E-state index in [-0.39, 0.29) is 12.2 Å². The molecule has 0 atom stereocenters. The highest BCUT2D eigenvalue weighted by molar-refractivity contribution is 6.05. The van der Waals surface area contributed by atoms with Crippen LogP contribution in [0.15, 0.2) is 33.8 Å². The lowest BCUT2D eigenvalue weighted by Gasteiger charge is -2.08. The van der Waals surface area contributed by atoms with E-state index in [1.807, 2.05) is 0 Å². The fourth-order valence-electron chi connectivity index (χ4n) is 1.78. The minimum Gasteiger partial charge on any atom is -0.497 e. The molecule has 21 heavy (non-hydrogen) atoms. The third kappa shape index (κ3) is 3.68. The number of carbonyl (C=O) groups is 1. The van der Waals surface area contributed by atoms with E-state index in [4.69, 9.17) is 14.0 Å². The maximum Gasteiger partial charge on any atom is 0.195 e. The third-order valence-electron chi connectivity index (χ3n) is 2.82. The average Bonchev–Trinajstić information content (AvgIpc) is 2.91. The van der Waals surface area contributed by atoms with Gasteiger partial charge in [-0.1, -0.05) is 5.16 Å². The van der Waals surface area contributed by atoms with Crippen LogP contribution in [0.3, 0.4) is 0 Å². The Morgan fingerprint density at radius 1 is 1.33 bits per heavy atom. The van der Waals surface area contributed by atoms with Gasteiger partial charge < -0.3 is 14.0 Å². The summed E-state index contributed by atoms with van der Waals surface area (Å²) in [4.78, 5) is 16.2. The molecule has 0 radical (unpaired) electrons. The highest BCUT2D eigenvalue weighted by Gasteiger charge is 2.12. The average molecular weight is 288 g/mol. The molecule has 0 fully saturated rings. The SMILES string of the molecule is COc1ccc(C(=O)CC=Nc2cc(C)on2)c(OC)c1. The molecular weight excluding hydrogens is 272 g/mol. The molecule has 0 bridgehead atoms. The van der Waals surface area contributed by atoms with E-state index in [1.54, 1.807) is 38.3 Å². The molecule has 0 aliphatic carbocycles. The van der Waals surface area contributed by atoms with E-state index in [0.717, 1.165) is 0 Å². The van der Waals surface area contributed by atoms with Crippen molar-refractivity contribution in [3.8, 4) is 11.5 Å². The molecule has 0 amide bonds. The first kappa shape index (κ1) is 14.8. The Hall–Kier alpha value is -2.63. The second kappa shape index (κ2) is 6.69. The van der Waals surface area contributed by atoms with Crippen LogP contribution in [0.2, 0.25) is 0 Å². The molecule has 0 unspecified atom stereocenters. The zero-order chi connectivity index (χ0) is 15.2. The fraction of sp³-hybridized carbons (Fsp3) is 0.267. The van der Waals surface area contributed by atoms with E-state index >= 15 is 0 Å². The molecule has 6 nitrogen and oxygen atoms in total. The lowest BCUT2D eigenvalue weighted by Crippen LogP contribution is -2.03. The number of hydrogen-bond donors (Lipinski definition) is 0. The highest BCUT2D eigenvalue weighted by Crippen LogP contribution is 2.25. The molecule has 0 saturated carbocycles. The number of ether oxygens (including phenoxy) is 2. The maximum atomic E-state index is 12.2. The van der Waals surface area contributed by atoms with E-state index in [1.165, 1.54) is 13.3 Å². The summed E-state index contributed by atoms with van der Waals surface area (Å²) in [6, 6.07) is 6.75. The van der Waals surface area contributed by atoms with Gasteiger partial charge >= 0.3 is 0 Å². The number of aryl methyl sites for hydroxylation is 1. The molecule has 2 rings (SSSR count). The maximum absolute atomic E-state index is 12.2. The number of benzene rings is 1. The Labute approximate surface area is 122 Å². The predicted molar refractivity (Wildman–Crippen MR) is 77.9 cm³/mol. The van der Waals surface area contributed by atoms with Gasteiger partial charge in [-0.3, -0.25) is 4.79 Å². The number of aliphatic imine (C=N–C) groups is 1. The van der Waals surface area contributed by atoms with Gasteiger partial charge in [0.15, 0.2) is 11.6 Å². The topological polar surface area (TPSA) is 73.9 Å². The van der Waals surface area contributed by atoms with Crippen LogP contribution in [0.25, 0.3) is 0 Å². The molecule has 1 aromatic heterocycles. The molecule has 1 aromatic carbocycles. The lowest BCUT2D eigenvalue weighted by atomic mass is 10.1. The van der Waals surface area contributed by atoms with Gasteiger partial charge in [0.05, 0.1) is 19.8 Å². The molecule has 1 heterocycles. The smallest absolute Gasteiger partial charge is 0.195 e. The summed E-state index contributed by atoms with van der Waals surface area (Å²) in [7, 11) is 3.07. The summed E-state index contributed by atoms with van der Waals surface area (Å²) in [6.07, 6.45) is 1.65. The second-order valence-corrected chi connectivity index (χ2v) is 4.30. The number of nitrogens with zero attached hydrogens (tertiary/aromatic N) is 2. The standard InChI is InChI=1S/C15H16N2O4/c1-10-8-15(17-21-10)16-7-6-13(18)12-5-4-11(19-2)9-14(12)20-3/h4-5,7-9H,6H2,1-3H3. The van der Waals surface area contributed by atoms with Crippen molar-refractivity contribution in [2.24, 2.45) is 4.99 Å². The number of rotatable bonds is 6. The van der Waals surface area contributed by atoms with Gasteiger partial charge in [-0.2, -0.15) is 0 Å². The van der Waals surface area contributed by atoms with Gasteiger partial charge in [0, 0.05) is 24.8 Å². The quantitative estimate of drug-likeness (QED) is 0.603. The van der Waals surface area contributed by atoms with Gasteiger partial charge in [0.1, 0.15) is 17.3 Å². The summed E-state index contributed by atoms with van der Waals surface area (Å²) >= 11 is 0. The fourth-order valence-corrected chi connectivity index (χ4v) is 1.78. The number of carbonyl (C=O) groups excluding carboxylic acids is 1. The van der Waals surface area contributed by atoms with Crippen molar-refractivity contribution in [2.75, 3.05) is 14.2 Å². The van der Waals surface area contributed by atoms with Crippen molar-refractivity contribution in [3.05, 3.63) is 35.6 Å². The minimum absolute atomic E-state index is 0.0986. The number of hydrogen-bond acceptors (Lipinski definition) is 6. The Kier molecular flexibility index (Phi) is 4.71. The third-order valence-corrected chi connectivity index (χ3v) is 2.82. The van der Waals surface area contributed by atoms with Crippen molar-refractivity contribution >= 4 is 17.8 Å². The molecule has 0 aliphatic heterocycles. The normalized spacial score (nSPS) is 10.8. The van der Waals surface area contributed by atoms with Crippen molar-refractivity contribution in [1.29, 1.82) is 0 Å².